The van der Waals surface area contributed by atoms with Gasteiger partial charge in [-0.3, -0.25) is 19.7 Å². The van der Waals surface area contributed by atoms with Crippen molar-refractivity contribution in [2.24, 2.45) is 0 Å². The fourth-order valence-corrected chi connectivity index (χ4v) is 3.30. The Bertz CT molecular complexity index is 1140. The maximum atomic E-state index is 13.4. The van der Waals surface area contributed by atoms with Crippen LogP contribution in [0.3, 0.4) is 0 Å². The van der Waals surface area contributed by atoms with Crippen molar-refractivity contribution in [1.29, 1.82) is 0 Å². The van der Waals surface area contributed by atoms with E-state index in [1.807, 2.05) is 61.5 Å². The molecule has 0 spiro atoms. The molecule has 1 atom stereocenters. The highest BCUT2D eigenvalue weighted by atomic mass is 19.1. The molecule has 0 fully saturated rings. The van der Waals surface area contributed by atoms with Crippen LogP contribution in [0.25, 0.3) is 10.8 Å². The van der Waals surface area contributed by atoms with Crippen molar-refractivity contribution < 1.29 is 18.9 Å². The number of benzene rings is 3. The summed E-state index contributed by atoms with van der Waals surface area (Å²) >= 11 is 0. The van der Waals surface area contributed by atoms with Gasteiger partial charge in [0.15, 0.2) is 0 Å². The fourth-order valence-electron chi connectivity index (χ4n) is 3.30. The standard InChI is InChI=1S/C22H21FN4O4/c1-26(2)20(17-9-5-7-14-6-3-4-8-16(14)17)13-24-21(28)22(29)25-15-10-11-18(23)19(12-15)27(30)31/h3-12,20H,13H2,1-2H3,(H,24,28)(H,25,29)/t20-/m1/s1. The number of amides is 2. The molecule has 0 heterocycles. The second-order valence-corrected chi connectivity index (χ2v) is 7.14. The molecule has 0 unspecified atom stereocenters. The Hall–Kier alpha value is -3.85. The SMILES string of the molecule is CN(C)[C@H](CNC(=O)C(=O)Nc1ccc(F)c([N+](=O)[O-])c1)c1cccc2ccccc12. The fraction of sp³-hybridized carbons (Fsp3) is 0.182. The lowest BCUT2D eigenvalue weighted by Gasteiger charge is -2.26. The molecule has 0 aliphatic heterocycles. The smallest absolute Gasteiger partial charge is 0.313 e. The summed E-state index contributed by atoms with van der Waals surface area (Å²) in [6.07, 6.45) is 0. The van der Waals surface area contributed by atoms with E-state index < -0.39 is 28.2 Å². The summed E-state index contributed by atoms with van der Waals surface area (Å²) in [5.41, 5.74) is 0.159. The Morgan fingerprint density at radius 3 is 2.48 bits per heavy atom. The van der Waals surface area contributed by atoms with Crippen molar-refractivity contribution in [3.63, 3.8) is 0 Å². The summed E-state index contributed by atoms with van der Waals surface area (Å²) in [6, 6.07) is 16.4. The van der Waals surface area contributed by atoms with E-state index in [4.69, 9.17) is 0 Å². The van der Waals surface area contributed by atoms with Crippen molar-refractivity contribution in [1.82, 2.24) is 10.2 Å². The molecule has 3 aromatic carbocycles. The topological polar surface area (TPSA) is 105 Å². The molecule has 2 amide bonds. The normalized spacial score (nSPS) is 11.9. The zero-order chi connectivity index (χ0) is 22.5. The second kappa shape index (κ2) is 9.31. The first-order valence-corrected chi connectivity index (χ1v) is 9.45. The molecule has 3 aromatic rings. The van der Waals surface area contributed by atoms with Crippen LogP contribution in [-0.2, 0) is 9.59 Å². The number of nitro groups is 1. The summed E-state index contributed by atoms with van der Waals surface area (Å²) in [6.45, 7) is 0.164. The quantitative estimate of drug-likeness (QED) is 0.359. The van der Waals surface area contributed by atoms with Crippen LogP contribution < -0.4 is 10.6 Å². The third-order valence-electron chi connectivity index (χ3n) is 4.87. The number of hydrogen-bond donors (Lipinski definition) is 2. The molecule has 2 N–H and O–H groups in total. The number of anilines is 1. The molecule has 31 heavy (non-hydrogen) atoms. The summed E-state index contributed by atoms with van der Waals surface area (Å²) in [5.74, 6) is -2.94. The van der Waals surface area contributed by atoms with Crippen LogP contribution in [0.4, 0.5) is 15.8 Å². The Morgan fingerprint density at radius 2 is 1.77 bits per heavy atom. The van der Waals surface area contributed by atoms with Gasteiger partial charge in [0.25, 0.3) is 0 Å². The van der Waals surface area contributed by atoms with E-state index in [0.29, 0.717) is 0 Å². The molecule has 8 nitrogen and oxygen atoms in total. The van der Waals surface area contributed by atoms with E-state index in [1.165, 1.54) is 0 Å². The second-order valence-electron chi connectivity index (χ2n) is 7.14. The van der Waals surface area contributed by atoms with Crippen molar-refractivity contribution in [2.45, 2.75) is 6.04 Å². The molecule has 0 aliphatic carbocycles. The zero-order valence-electron chi connectivity index (χ0n) is 17.0. The van der Waals surface area contributed by atoms with E-state index in [1.54, 1.807) is 0 Å². The average Bonchev–Trinajstić information content (AvgIpc) is 2.74. The lowest BCUT2D eigenvalue weighted by molar-refractivity contribution is -0.387. The van der Waals surface area contributed by atoms with Crippen molar-refractivity contribution in [3.05, 3.63) is 82.2 Å². The molecule has 0 saturated carbocycles. The van der Waals surface area contributed by atoms with Gasteiger partial charge in [0.1, 0.15) is 0 Å². The van der Waals surface area contributed by atoms with Gasteiger partial charge in [0.2, 0.25) is 5.82 Å². The minimum absolute atomic E-state index is 0.0496. The Kier molecular flexibility index (Phi) is 6.56. The molecule has 0 bridgehead atoms. The number of carbonyl (C=O) groups excluding carboxylic acids is 2. The van der Waals surface area contributed by atoms with Gasteiger partial charge >= 0.3 is 17.5 Å². The number of fused-ring (bicyclic) bond motifs is 1. The molecule has 9 heteroatoms. The van der Waals surface area contributed by atoms with Crippen LogP contribution in [0.15, 0.2) is 60.7 Å². The predicted molar refractivity (Wildman–Crippen MR) is 115 cm³/mol. The molecular weight excluding hydrogens is 403 g/mol. The summed E-state index contributed by atoms with van der Waals surface area (Å²) < 4.78 is 13.4. The van der Waals surface area contributed by atoms with E-state index in [-0.39, 0.29) is 18.3 Å². The van der Waals surface area contributed by atoms with Gasteiger partial charge in [-0.15, -0.1) is 0 Å². The Balaban J connectivity index is 1.71. The van der Waals surface area contributed by atoms with E-state index >= 15 is 0 Å². The number of carbonyl (C=O) groups is 2. The van der Waals surface area contributed by atoms with Gasteiger partial charge in [-0.2, -0.15) is 4.39 Å². The first-order chi connectivity index (χ1) is 14.8. The van der Waals surface area contributed by atoms with Crippen LogP contribution in [0.1, 0.15) is 11.6 Å². The zero-order valence-corrected chi connectivity index (χ0v) is 17.0. The van der Waals surface area contributed by atoms with Gasteiger partial charge in [0.05, 0.1) is 11.0 Å². The summed E-state index contributed by atoms with van der Waals surface area (Å²) in [4.78, 5) is 36.4. The molecule has 0 aliphatic rings. The first-order valence-electron chi connectivity index (χ1n) is 9.45. The number of nitro benzene ring substituents is 1. The number of likely N-dealkylation sites (N-methyl/N-ethyl adjacent to an activating group) is 1. The van der Waals surface area contributed by atoms with E-state index in [9.17, 15) is 24.1 Å². The molecule has 0 radical (unpaired) electrons. The minimum Gasteiger partial charge on any atom is -0.346 e. The van der Waals surface area contributed by atoms with E-state index in [2.05, 4.69) is 10.6 Å². The van der Waals surface area contributed by atoms with Crippen LogP contribution in [0, 0.1) is 15.9 Å². The van der Waals surface area contributed by atoms with Gasteiger partial charge < -0.3 is 15.5 Å². The lowest BCUT2D eigenvalue weighted by atomic mass is 9.98. The van der Waals surface area contributed by atoms with E-state index in [0.717, 1.165) is 34.5 Å². The Labute approximate surface area is 177 Å². The largest absolute Gasteiger partial charge is 0.346 e. The molecule has 0 aromatic heterocycles. The Morgan fingerprint density at radius 1 is 1.06 bits per heavy atom. The predicted octanol–water partition coefficient (Wildman–Crippen LogP) is 3.24. The highest BCUT2D eigenvalue weighted by Gasteiger charge is 2.21. The number of rotatable bonds is 6. The molecule has 3 rings (SSSR count). The van der Waals surface area contributed by atoms with Crippen LogP contribution in [0.2, 0.25) is 0 Å². The molecule has 0 saturated heterocycles. The van der Waals surface area contributed by atoms with Crippen molar-refractivity contribution in [2.75, 3.05) is 26.0 Å². The van der Waals surface area contributed by atoms with Crippen LogP contribution in [-0.4, -0.2) is 42.3 Å². The number of nitrogens with zero attached hydrogens (tertiary/aromatic N) is 2. The maximum Gasteiger partial charge on any atom is 0.313 e. The third kappa shape index (κ3) is 5.01. The van der Waals surface area contributed by atoms with Crippen molar-refractivity contribution in [3.8, 4) is 0 Å². The van der Waals surface area contributed by atoms with Gasteiger partial charge in [0, 0.05) is 18.3 Å². The number of nitrogens with one attached hydrogen (secondary N) is 2. The van der Waals surface area contributed by atoms with Crippen molar-refractivity contribution >= 4 is 34.0 Å². The number of halogens is 1. The third-order valence-corrected chi connectivity index (χ3v) is 4.87. The average molecular weight is 424 g/mol. The highest BCUT2D eigenvalue weighted by molar-refractivity contribution is 6.39. The van der Waals surface area contributed by atoms with Gasteiger partial charge in [-0.05, 0) is 42.6 Å². The number of hydrogen-bond acceptors (Lipinski definition) is 5. The minimum atomic E-state index is -1.03. The first kappa shape index (κ1) is 21.8. The van der Waals surface area contributed by atoms with Crippen LogP contribution >= 0.6 is 0 Å². The maximum absolute atomic E-state index is 13.4. The highest BCUT2D eigenvalue weighted by Crippen LogP contribution is 2.27. The molecule has 160 valence electrons. The van der Waals surface area contributed by atoms with Crippen LogP contribution in [0.5, 0.6) is 0 Å². The lowest BCUT2D eigenvalue weighted by Crippen LogP contribution is -2.40. The molecular formula is C22H21FN4O4. The summed E-state index contributed by atoms with van der Waals surface area (Å²) in [5, 5.41) is 17.8. The monoisotopic (exact) mass is 424 g/mol. The van der Waals surface area contributed by atoms with Gasteiger partial charge in [-0.1, -0.05) is 42.5 Å². The summed E-state index contributed by atoms with van der Waals surface area (Å²) in [7, 11) is 3.74. The van der Waals surface area contributed by atoms with Gasteiger partial charge in [-0.25, -0.2) is 0 Å².